The lowest BCUT2D eigenvalue weighted by Gasteiger charge is -2.03. The van der Waals surface area contributed by atoms with Crippen LogP contribution in [-0.4, -0.2) is 5.97 Å². The van der Waals surface area contributed by atoms with Gasteiger partial charge in [0.05, 0.1) is 6.42 Å². The maximum atomic E-state index is 11.7. The van der Waals surface area contributed by atoms with Crippen molar-refractivity contribution >= 4 is 5.97 Å². The molecule has 0 amide bonds. The topological polar surface area (TPSA) is 26.3 Å². The van der Waals surface area contributed by atoms with Gasteiger partial charge in [-0.15, -0.1) is 0 Å². The maximum Gasteiger partial charge on any atom is 0.315 e. The highest BCUT2D eigenvalue weighted by Crippen LogP contribution is 2.14. The van der Waals surface area contributed by atoms with Crippen molar-refractivity contribution in [1.82, 2.24) is 0 Å². The molecule has 1 aromatic carbocycles. The van der Waals surface area contributed by atoms with Gasteiger partial charge in [-0.3, -0.25) is 4.79 Å². The Balaban J connectivity index is 1.76. The lowest BCUT2D eigenvalue weighted by Crippen LogP contribution is -2.05. The molecule has 0 fully saturated rings. The molecular formula is C29H48O2. The predicted octanol–water partition coefficient (Wildman–Crippen LogP) is 9.58. The number of esters is 1. The van der Waals surface area contributed by atoms with E-state index in [2.05, 4.69) is 13.0 Å². The van der Waals surface area contributed by atoms with E-state index in [9.17, 15) is 4.79 Å². The van der Waals surface area contributed by atoms with Crippen molar-refractivity contribution in [1.29, 1.82) is 0 Å². The van der Waals surface area contributed by atoms with Gasteiger partial charge >= 0.3 is 5.97 Å². The van der Waals surface area contributed by atoms with Crippen molar-refractivity contribution in [3.05, 3.63) is 42.5 Å². The monoisotopic (exact) mass is 428 g/mol. The molecule has 0 unspecified atom stereocenters. The summed E-state index contributed by atoms with van der Waals surface area (Å²) in [6, 6.07) is 9.26. The molecule has 176 valence electrons. The summed E-state index contributed by atoms with van der Waals surface area (Å²) < 4.78 is 5.26. The van der Waals surface area contributed by atoms with Gasteiger partial charge < -0.3 is 4.74 Å². The smallest absolute Gasteiger partial charge is 0.315 e. The van der Waals surface area contributed by atoms with E-state index in [0.717, 1.165) is 6.42 Å². The minimum Gasteiger partial charge on any atom is -0.426 e. The van der Waals surface area contributed by atoms with Crippen LogP contribution in [0.4, 0.5) is 0 Å². The van der Waals surface area contributed by atoms with Crippen LogP contribution < -0.4 is 4.74 Å². The fraction of sp³-hybridized carbons (Fsp3) is 0.690. The molecule has 0 N–H and O–H groups in total. The third-order valence-electron chi connectivity index (χ3n) is 5.90. The van der Waals surface area contributed by atoms with Gasteiger partial charge in [-0.25, -0.2) is 0 Å². The summed E-state index contributed by atoms with van der Waals surface area (Å²) in [6.45, 7) is 2.29. The molecule has 0 atom stereocenters. The van der Waals surface area contributed by atoms with Crippen molar-refractivity contribution in [2.45, 2.75) is 129 Å². The minimum atomic E-state index is -0.190. The highest BCUT2D eigenvalue weighted by Gasteiger charge is 2.01. The first-order chi connectivity index (χ1) is 15.3. The molecule has 0 spiro atoms. The molecule has 0 aliphatic heterocycles. The van der Waals surface area contributed by atoms with E-state index in [0.29, 0.717) is 12.2 Å². The Morgan fingerprint density at radius 2 is 1.10 bits per heavy atom. The standard InChI is InChI=1S/C29H48O2/c1-2-3-4-5-6-7-8-9-10-11-12-13-14-15-16-17-18-19-20-24-27-29(30)31-28-25-22-21-23-26-28/h20-26H,2-19,27H2,1H3/b24-20+. The second kappa shape index (κ2) is 21.7. The van der Waals surface area contributed by atoms with Crippen LogP contribution in [0.3, 0.4) is 0 Å². The Kier molecular flexibility index (Phi) is 19.2. The second-order valence-electron chi connectivity index (χ2n) is 8.91. The number of carbonyl (C=O) groups excluding carboxylic acids is 1. The zero-order valence-electron chi connectivity index (χ0n) is 20.3. The number of unbranched alkanes of at least 4 members (excludes halogenated alkanes) is 17. The fourth-order valence-corrected chi connectivity index (χ4v) is 3.95. The summed E-state index contributed by atoms with van der Waals surface area (Å²) in [7, 11) is 0. The highest BCUT2D eigenvalue weighted by molar-refractivity contribution is 5.73. The molecule has 2 heteroatoms. The number of rotatable bonds is 21. The van der Waals surface area contributed by atoms with Gasteiger partial charge in [-0.1, -0.05) is 140 Å². The van der Waals surface area contributed by atoms with Gasteiger partial charge in [-0.2, -0.15) is 0 Å². The molecule has 1 aromatic rings. The van der Waals surface area contributed by atoms with E-state index >= 15 is 0 Å². The molecule has 31 heavy (non-hydrogen) atoms. The largest absolute Gasteiger partial charge is 0.426 e. The number of hydrogen-bond acceptors (Lipinski definition) is 2. The number of benzene rings is 1. The van der Waals surface area contributed by atoms with Crippen molar-refractivity contribution in [3.63, 3.8) is 0 Å². The van der Waals surface area contributed by atoms with E-state index in [1.165, 1.54) is 109 Å². The Morgan fingerprint density at radius 1 is 0.645 bits per heavy atom. The van der Waals surface area contributed by atoms with Crippen molar-refractivity contribution in [2.24, 2.45) is 0 Å². The first-order valence-corrected chi connectivity index (χ1v) is 13.2. The molecule has 0 aliphatic carbocycles. The van der Waals surface area contributed by atoms with Crippen LogP contribution in [0.2, 0.25) is 0 Å². The zero-order valence-corrected chi connectivity index (χ0v) is 20.3. The number of ether oxygens (including phenoxy) is 1. The van der Waals surface area contributed by atoms with E-state index in [4.69, 9.17) is 4.74 Å². The van der Waals surface area contributed by atoms with Gasteiger partial charge in [0.25, 0.3) is 0 Å². The first-order valence-electron chi connectivity index (χ1n) is 13.2. The van der Waals surface area contributed by atoms with E-state index in [-0.39, 0.29) is 5.97 Å². The van der Waals surface area contributed by atoms with Crippen molar-refractivity contribution in [2.75, 3.05) is 0 Å². The highest BCUT2D eigenvalue weighted by atomic mass is 16.5. The Bertz CT molecular complexity index is 535. The minimum absolute atomic E-state index is 0.190. The molecular weight excluding hydrogens is 380 g/mol. The Labute approximate surface area is 192 Å². The second-order valence-corrected chi connectivity index (χ2v) is 8.91. The molecule has 0 aliphatic rings. The summed E-state index contributed by atoms with van der Waals surface area (Å²) in [5.74, 6) is 0.430. The molecule has 1 rings (SSSR count). The van der Waals surface area contributed by atoms with Gasteiger partial charge in [0.2, 0.25) is 0 Å². The third kappa shape index (κ3) is 18.9. The molecule has 0 aromatic heterocycles. The molecule has 0 radical (unpaired) electrons. The molecule has 0 bridgehead atoms. The average molecular weight is 429 g/mol. The van der Waals surface area contributed by atoms with Gasteiger partial charge in [0, 0.05) is 0 Å². The summed E-state index contributed by atoms with van der Waals surface area (Å²) in [6.07, 6.45) is 29.4. The summed E-state index contributed by atoms with van der Waals surface area (Å²) in [5, 5.41) is 0. The Hall–Kier alpha value is -1.57. The summed E-state index contributed by atoms with van der Waals surface area (Å²) >= 11 is 0. The summed E-state index contributed by atoms with van der Waals surface area (Å²) in [5.41, 5.74) is 0. The van der Waals surface area contributed by atoms with Crippen LogP contribution in [0.1, 0.15) is 129 Å². The third-order valence-corrected chi connectivity index (χ3v) is 5.90. The number of para-hydroxylation sites is 1. The molecule has 0 saturated heterocycles. The first kappa shape index (κ1) is 27.5. The number of allylic oxidation sites excluding steroid dienone is 1. The van der Waals surface area contributed by atoms with Crippen LogP contribution in [-0.2, 0) is 4.79 Å². The maximum absolute atomic E-state index is 11.7. The number of hydrogen-bond donors (Lipinski definition) is 0. The Morgan fingerprint density at radius 3 is 1.58 bits per heavy atom. The fourth-order valence-electron chi connectivity index (χ4n) is 3.95. The van der Waals surface area contributed by atoms with Crippen LogP contribution in [0.5, 0.6) is 5.75 Å². The van der Waals surface area contributed by atoms with Crippen LogP contribution in [0.25, 0.3) is 0 Å². The van der Waals surface area contributed by atoms with Crippen LogP contribution in [0.15, 0.2) is 42.5 Å². The van der Waals surface area contributed by atoms with Crippen molar-refractivity contribution in [3.8, 4) is 5.75 Å². The van der Waals surface area contributed by atoms with Crippen LogP contribution >= 0.6 is 0 Å². The predicted molar refractivity (Wildman–Crippen MR) is 135 cm³/mol. The molecule has 0 saturated carbocycles. The van der Waals surface area contributed by atoms with Crippen molar-refractivity contribution < 1.29 is 9.53 Å². The average Bonchev–Trinajstić information content (AvgIpc) is 2.78. The lowest BCUT2D eigenvalue weighted by atomic mass is 10.0. The normalized spacial score (nSPS) is 11.3. The summed E-state index contributed by atoms with van der Waals surface area (Å²) in [4.78, 5) is 11.7. The van der Waals surface area contributed by atoms with E-state index in [1.54, 1.807) is 12.1 Å². The molecule has 0 heterocycles. The SMILES string of the molecule is CCCCCCCCCCCCCCCCCCC/C=C/CC(=O)Oc1ccccc1. The van der Waals surface area contributed by atoms with Crippen LogP contribution in [0, 0.1) is 0 Å². The molecule has 2 nitrogen and oxygen atoms in total. The zero-order chi connectivity index (χ0) is 22.2. The van der Waals surface area contributed by atoms with Gasteiger partial charge in [0.1, 0.15) is 5.75 Å². The quantitative estimate of drug-likeness (QED) is 0.0843. The lowest BCUT2D eigenvalue weighted by molar-refractivity contribution is -0.133. The van der Waals surface area contributed by atoms with E-state index < -0.39 is 0 Å². The van der Waals surface area contributed by atoms with E-state index in [1.807, 2.05) is 24.3 Å². The van der Waals surface area contributed by atoms with Gasteiger partial charge in [-0.05, 0) is 25.0 Å². The van der Waals surface area contributed by atoms with Gasteiger partial charge in [0.15, 0.2) is 0 Å². The number of carbonyl (C=O) groups is 1.